The smallest absolute Gasteiger partial charge is 0.259 e. The maximum Gasteiger partial charge on any atom is 0.259 e. The first kappa shape index (κ1) is 17.9. The van der Waals surface area contributed by atoms with Crippen molar-refractivity contribution in [3.05, 3.63) is 81.3 Å². The van der Waals surface area contributed by atoms with Crippen molar-refractivity contribution in [3.63, 3.8) is 0 Å². The van der Waals surface area contributed by atoms with Crippen LogP contribution in [0.5, 0.6) is 0 Å². The van der Waals surface area contributed by atoms with Crippen LogP contribution in [0.25, 0.3) is 0 Å². The van der Waals surface area contributed by atoms with Gasteiger partial charge in [-0.15, -0.1) is 0 Å². The van der Waals surface area contributed by atoms with Crippen molar-refractivity contribution in [2.24, 2.45) is 0 Å². The Morgan fingerprint density at radius 2 is 2.04 bits per heavy atom. The second kappa shape index (κ2) is 6.99. The van der Waals surface area contributed by atoms with E-state index in [9.17, 15) is 4.79 Å². The summed E-state index contributed by atoms with van der Waals surface area (Å²) in [7, 11) is 0. The lowest BCUT2D eigenvalue weighted by molar-refractivity contribution is 0.0985. The van der Waals surface area contributed by atoms with E-state index in [0.29, 0.717) is 6.54 Å². The third kappa shape index (κ3) is 3.04. The number of nitrogens with zero attached hydrogens (tertiary/aromatic N) is 3. The normalized spacial score (nSPS) is 21.4. The molecule has 28 heavy (non-hydrogen) atoms. The molecule has 0 unspecified atom stereocenters. The number of benzene rings is 1. The van der Waals surface area contributed by atoms with Gasteiger partial charge in [0.2, 0.25) is 0 Å². The van der Waals surface area contributed by atoms with Gasteiger partial charge in [-0.2, -0.15) is 11.3 Å². The number of rotatable bonds is 3. The first-order chi connectivity index (χ1) is 13.6. The van der Waals surface area contributed by atoms with E-state index in [2.05, 4.69) is 17.0 Å². The number of amides is 1. The molecule has 0 saturated carbocycles. The monoisotopic (exact) mass is 409 g/mol. The summed E-state index contributed by atoms with van der Waals surface area (Å²) in [6.07, 6.45) is 2.86. The van der Waals surface area contributed by atoms with Crippen molar-refractivity contribution in [3.8, 4) is 0 Å². The second-order valence-electron chi connectivity index (χ2n) is 7.64. The van der Waals surface area contributed by atoms with Gasteiger partial charge in [-0.3, -0.25) is 14.7 Å². The Balaban J connectivity index is 1.41. The summed E-state index contributed by atoms with van der Waals surface area (Å²) in [6.45, 7) is 3.50. The number of hydrogen-bond donors (Lipinski definition) is 0. The first-order valence-electron chi connectivity index (χ1n) is 9.41. The minimum Gasteiger partial charge on any atom is -0.305 e. The topological polar surface area (TPSA) is 36.4 Å². The first-order valence-corrected chi connectivity index (χ1v) is 10.7. The van der Waals surface area contributed by atoms with Gasteiger partial charge in [0, 0.05) is 41.6 Å². The molecule has 0 bridgehead atoms. The summed E-state index contributed by atoms with van der Waals surface area (Å²) in [5, 5.41) is 4.63. The molecule has 0 radical (unpaired) electrons. The molecular formula is C22H20ClN3OS. The fourth-order valence-electron chi connectivity index (χ4n) is 4.47. The minimum absolute atomic E-state index is 0.0727. The Morgan fingerprint density at radius 1 is 1.18 bits per heavy atom. The summed E-state index contributed by atoms with van der Waals surface area (Å²) in [4.78, 5) is 22.2. The van der Waals surface area contributed by atoms with Crippen molar-refractivity contribution in [2.45, 2.75) is 18.4 Å². The number of carbonyl (C=O) groups is 1. The molecule has 142 valence electrons. The van der Waals surface area contributed by atoms with Gasteiger partial charge in [0.25, 0.3) is 5.91 Å². The van der Waals surface area contributed by atoms with E-state index in [1.165, 1.54) is 5.56 Å². The van der Waals surface area contributed by atoms with Crippen LogP contribution in [0.2, 0.25) is 5.02 Å². The van der Waals surface area contributed by atoms with Crippen LogP contribution in [0.1, 0.15) is 28.0 Å². The highest BCUT2D eigenvalue weighted by molar-refractivity contribution is 7.08. The molecule has 0 N–H and O–H groups in total. The quantitative estimate of drug-likeness (QED) is 0.634. The highest BCUT2D eigenvalue weighted by atomic mass is 35.5. The van der Waals surface area contributed by atoms with Crippen molar-refractivity contribution in [2.75, 3.05) is 24.5 Å². The lowest BCUT2D eigenvalue weighted by Crippen LogP contribution is -2.39. The summed E-state index contributed by atoms with van der Waals surface area (Å²) < 4.78 is 0. The Bertz CT molecular complexity index is 1000. The molecule has 1 fully saturated rings. The molecule has 1 spiro atoms. The highest BCUT2D eigenvalue weighted by Crippen LogP contribution is 2.45. The molecule has 5 rings (SSSR count). The standard InChI is InChI=1S/C22H20ClN3OS/c23-18-5-3-16(4-6-18)12-25-10-8-22(14-25)15-26(19-2-1-9-24-20(19)22)21(27)17-7-11-28-13-17/h1-7,9,11,13H,8,10,12,14-15H2/t22-/m1/s1. The fourth-order valence-corrected chi connectivity index (χ4v) is 5.23. The summed E-state index contributed by atoms with van der Waals surface area (Å²) in [5.74, 6) is 0.0727. The van der Waals surface area contributed by atoms with Crippen LogP contribution in [0, 0.1) is 0 Å². The third-order valence-electron chi connectivity index (χ3n) is 5.81. The molecule has 1 saturated heterocycles. The number of hydrogen-bond acceptors (Lipinski definition) is 4. The van der Waals surface area contributed by atoms with Gasteiger partial charge in [-0.1, -0.05) is 23.7 Å². The molecular weight excluding hydrogens is 390 g/mol. The van der Waals surface area contributed by atoms with Crippen molar-refractivity contribution in [1.29, 1.82) is 0 Å². The number of anilines is 1. The molecule has 4 heterocycles. The Kier molecular flexibility index (Phi) is 4.46. The molecule has 2 aliphatic heterocycles. The predicted octanol–water partition coefficient (Wildman–Crippen LogP) is 4.60. The minimum atomic E-state index is -0.0886. The molecule has 1 atom stereocenters. The molecule has 4 nitrogen and oxygen atoms in total. The average Bonchev–Trinajstić information content (AvgIpc) is 3.45. The maximum atomic E-state index is 13.1. The average molecular weight is 410 g/mol. The molecule has 1 amide bonds. The number of fused-ring (bicyclic) bond motifs is 2. The van der Waals surface area contributed by atoms with Crippen LogP contribution in [0.3, 0.4) is 0 Å². The van der Waals surface area contributed by atoms with Gasteiger partial charge in [-0.05, 0) is 54.2 Å². The van der Waals surface area contributed by atoms with Gasteiger partial charge in [0.15, 0.2) is 0 Å². The number of pyridine rings is 1. The van der Waals surface area contributed by atoms with Crippen LogP contribution >= 0.6 is 22.9 Å². The van der Waals surface area contributed by atoms with E-state index in [1.54, 1.807) is 11.3 Å². The van der Waals surface area contributed by atoms with Crippen LogP contribution in [0.4, 0.5) is 5.69 Å². The largest absolute Gasteiger partial charge is 0.305 e. The van der Waals surface area contributed by atoms with Crippen molar-refractivity contribution < 1.29 is 4.79 Å². The number of likely N-dealkylation sites (tertiary alicyclic amines) is 1. The van der Waals surface area contributed by atoms with E-state index in [1.807, 2.05) is 52.2 Å². The van der Waals surface area contributed by atoms with Crippen LogP contribution in [-0.2, 0) is 12.0 Å². The predicted molar refractivity (Wildman–Crippen MR) is 113 cm³/mol. The molecule has 2 aliphatic rings. The molecule has 3 aromatic rings. The Morgan fingerprint density at radius 3 is 2.82 bits per heavy atom. The summed E-state index contributed by atoms with van der Waals surface area (Å²) in [6, 6.07) is 13.9. The molecule has 6 heteroatoms. The van der Waals surface area contributed by atoms with E-state index in [-0.39, 0.29) is 11.3 Å². The van der Waals surface area contributed by atoms with Gasteiger partial charge >= 0.3 is 0 Å². The van der Waals surface area contributed by atoms with E-state index in [0.717, 1.165) is 48.0 Å². The number of halogens is 1. The molecule has 0 aliphatic carbocycles. The van der Waals surface area contributed by atoms with Gasteiger partial charge in [0.1, 0.15) is 0 Å². The van der Waals surface area contributed by atoms with Gasteiger partial charge in [0.05, 0.1) is 16.9 Å². The molecule has 2 aromatic heterocycles. The zero-order valence-corrected chi connectivity index (χ0v) is 16.9. The number of aromatic nitrogens is 1. The van der Waals surface area contributed by atoms with Gasteiger partial charge < -0.3 is 4.90 Å². The van der Waals surface area contributed by atoms with Crippen LogP contribution in [0.15, 0.2) is 59.4 Å². The SMILES string of the molecule is O=C(c1ccsc1)N1C[C@]2(CCN(Cc3ccc(Cl)cc3)C2)c2ncccc21. The fraction of sp³-hybridized carbons (Fsp3) is 0.273. The zero-order valence-electron chi connectivity index (χ0n) is 15.3. The van der Waals surface area contributed by atoms with Crippen molar-refractivity contribution in [1.82, 2.24) is 9.88 Å². The highest BCUT2D eigenvalue weighted by Gasteiger charge is 2.49. The summed E-state index contributed by atoms with van der Waals surface area (Å²) >= 11 is 7.57. The maximum absolute atomic E-state index is 13.1. The summed E-state index contributed by atoms with van der Waals surface area (Å²) in [5.41, 5.74) is 3.96. The number of thiophene rings is 1. The lowest BCUT2D eigenvalue weighted by atomic mass is 9.85. The van der Waals surface area contributed by atoms with E-state index in [4.69, 9.17) is 16.6 Å². The molecule has 1 aromatic carbocycles. The Labute approximate surface area is 173 Å². The second-order valence-corrected chi connectivity index (χ2v) is 8.86. The lowest BCUT2D eigenvalue weighted by Gasteiger charge is -2.25. The zero-order chi connectivity index (χ0) is 19.1. The third-order valence-corrected chi connectivity index (χ3v) is 6.74. The van der Waals surface area contributed by atoms with Crippen LogP contribution in [-0.4, -0.2) is 35.4 Å². The van der Waals surface area contributed by atoms with Gasteiger partial charge in [-0.25, -0.2) is 0 Å². The number of carbonyl (C=O) groups excluding carboxylic acids is 1. The van der Waals surface area contributed by atoms with E-state index < -0.39 is 0 Å². The Hall–Kier alpha value is -2.21. The van der Waals surface area contributed by atoms with E-state index >= 15 is 0 Å². The van der Waals surface area contributed by atoms with Crippen LogP contribution < -0.4 is 4.90 Å². The van der Waals surface area contributed by atoms with Crippen molar-refractivity contribution >= 4 is 34.5 Å².